The van der Waals surface area contributed by atoms with Gasteiger partial charge >= 0.3 is 0 Å². The number of benzene rings is 1. The molecule has 0 amide bonds. The lowest BCUT2D eigenvalue weighted by molar-refractivity contribution is 0.415. The van der Waals surface area contributed by atoms with Crippen LogP contribution in [-0.2, 0) is 19.5 Å². The second-order valence-electron chi connectivity index (χ2n) is 4.62. The van der Waals surface area contributed by atoms with E-state index < -0.39 is 0 Å². The van der Waals surface area contributed by atoms with Gasteiger partial charge in [0.25, 0.3) is 0 Å². The Labute approximate surface area is 121 Å². The van der Waals surface area contributed by atoms with Crippen molar-refractivity contribution >= 4 is 22.6 Å². The Kier molecular flexibility index (Phi) is 3.36. The van der Waals surface area contributed by atoms with Gasteiger partial charge < -0.3 is 9.30 Å². The fourth-order valence-corrected chi connectivity index (χ4v) is 2.51. The van der Waals surface area contributed by atoms with Gasteiger partial charge in [-0.15, -0.1) is 11.6 Å². The van der Waals surface area contributed by atoms with E-state index in [1.807, 2.05) is 37.6 Å². The van der Waals surface area contributed by atoms with Crippen molar-refractivity contribution in [1.29, 1.82) is 0 Å². The summed E-state index contributed by atoms with van der Waals surface area (Å²) >= 11 is 6.01. The number of hydrogen-bond acceptors (Lipinski definition) is 3. The zero-order valence-corrected chi connectivity index (χ0v) is 12.1. The summed E-state index contributed by atoms with van der Waals surface area (Å²) in [6.45, 7) is 0.707. The molecule has 20 heavy (non-hydrogen) atoms. The quantitative estimate of drug-likeness (QED) is 0.694. The number of halogens is 1. The normalized spacial score (nSPS) is 11.2. The monoisotopic (exact) mass is 290 g/mol. The number of alkyl halides is 1. The van der Waals surface area contributed by atoms with Gasteiger partial charge in [-0.05, 0) is 12.1 Å². The molecule has 2 heterocycles. The maximum atomic E-state index is 6.01. The van der Waals surface area contributed by atoms with Gasteiger partial charge in [0.15, 0.2) is 0 Å². The average Bonchev–Trinajstić information content (AvgIpc) is 3.02. The Morgan fingerprint density at radius 3 is 2.85 bits per heavy atom. The van der Waals surface area contributed by atoms with Crippen LogP contribution >= 0.6 is 11.6 Å². The fraction of sp³-hybridized carbons (Fsp3) is 0.286. The lowest BCUT2D eigenvalue weighted by atomic mass is 10.3. The number of imidazole rings is 1. The third-order valence-corrected chi connectivity index (χ3v) is 3.49. The fourth-order valence-electron chi connectivity index (χ4n) is 2.30. The minimum Gasteiger partial charge on any atom is -0.497 e. The maximum absolute atomic E-state index is 6.01. The van der Waals surface area contributed by atoms with Gasteiger partial charge in [0.05, 0.1) is 36.8 Å². The van der Waals surface area contributed by atoms with Gasteiger partial charge in [0.1, 0.15) is 11.6 Å². The van der Waals surface area contributed by atoms with E-state index in [1.54, 1.807) is 11.8 Å². The first-order chi connectivity index (χ1) is 9.71. The van der Waals surface area contributed by atoms with Crippen molar-refractivity contribution in [2.45, 2.75) is 12.4 Å². The van der Waals surface area contributed by atoms with E-state index in [0.717, 1.165) is 28.2 Å². The number of aryl methyl sites for hydroxylation is 1. The molecule has 5 nitrogen and oxygen atoms in total. The minimum absolute atomic E-state index is 0.372. The van der Waals surface area contributed by atoms with Crippen molar-refractivity contribution in [2.24, 2.45) is 7.05 Å². The molecule has 0 unspecified atom stereocenters. The summed E-state index contributed by atoms with van der Waals surface area (Å²) in [7, 11) is 3.55. The molecule has 1 aromatic carbocycles. The summed E-state index contributed by atoms with van der Waals surface area (Å²) in [5.41, 5.74) is 3.06. The minimum atomic E-state index is 0.372. The summed E-state index contributed by atoms with van der Waals surface area (Å²) in [6.07, 6.45) is 3.85. The molecule has 0 atom stereocenters. The van der Waals surface area contributed by atoms with Crippen LogP contribution in [0.2, 0.25) is 0 Å². The third kappa shape index (κ3) is 2.25. The molecular weight excluding hydrogens is 276 g/mol. The molecule has 3 rings (SSSR count). The number of methoxy groups -OCH3 is 1. The molecule has 0 radical (unpaired) electrons. The molecule has 0 saturated heterocycles. The van der Waals surface area contributed by atoms with Gasteiger partial charge in [-0.3, -0.25) is 4.68 Å². The number of aromatic nitrogens is 4. The van der Waals surface area contributed by atoms with Crippen molar-refractivity contribution in [3.05, 3.63) is 42.0 Å². The van der Waals surface area contributed by atoms with E-state index in [0.29, 0.717) is 12.4 Å². The van der Waals surface area contributed by atoms with Crippen molar-refractivity contribution in [1.82, 2.24) is 19.3 Å². The van der Waals surface area contributed by atoms with Crippen LogP contribution in [0.4, 0.5) is 0 Å². The van der Waals surface area contributed by atoms with E-state index in [4.69, 9.17) is 16.3 Å². The second kappa shape index (κ2) is 5.17. The molecule has 0 aliphatic rings. The van der Waals surface area contributed by atoms with Crippen LogP contribution in [-0.4, -0.2) is 26.4 Å². The Bertz CT molecular complexity index is 747. The first kappa shape index (κ1) is 13.0. The van der Waals surface area contributed by atoms with Crippen LogP contribution in [0.5, 0.6) is 5.75 Å². The summed E-state index contributed by atoms with van der Waals surface area (Å²) in [4.78, 5) is 4.57. The molecule has 0 bridgehead atoms. The van der Waals surface area contributed by atoms with Crippen molar-refractivity contribution in [3.63, 3.8) is 0 Å². The van der Waals surface area contributed by atoms with Gasteiger partial charge in [0, 0.05) is 24.9 Å². The highest BCUT2D eigenvalue weighted by atomic mass is 35.5. The molecule has 0 fully saturated rings. The van der Waals surface area contributed by atoms with Crippen LogP contribution in [0.3, 0.4) is 0 Å². The molecule has 0 spiro atoms. The van der Waals surface area contributed by atoms with Crippen molar-refractivity contribution in [3.8, 4) is 5.75 Å². The third-order valence-electron chi connectivity index (χ3n) is 3.25. The van der Waals surface area contributed by atoms with Crippen LogP contribution in [0, 0.1) is 0 Å². The molecule has 0 aliphatic heterocycles. The predicted octanol–water partition coefficient (Wildman–Crippen LogP) is 2.57. The zero-order chi connectivity index (χ0) is 14.1. The average molecular weight is 291 g/mol. The molecule has 2 aromatic heterocycles. The van der Waals surface area contributed by atoms with E-state index in [-0.39, 0.29) is 0 Å². The Hall–Kier alpha value is -2.01. The lowest BCUT2D eigenvalue weighted by Gasteiger charge is -2.06. The van der Waals surface area contributed by atoms with E-state index >= 15 is 0 Å². The van der Waals surface area contributed by atoms with E-state index in [1.165, 1.54) is 0 Å². The smallest absolute Gasteiger partial charge is 0.125 e. The number of hydrogen-bond donors (Lipinski definition) is 0. The molecule has 0 aliphatic carbocycles. The summed E-state index contributed by atoms with van der Waals surface area (Å²) < 4.78 is 9.13. The lowest BCUT2D eigenvalue weighted by Crippen LogP contribution is -2.03. The topological polar surface area (TPSA) is 44.9 Å². The van der Waals surface area contributed by atoms with Crippen LogP contribution in [0.15, 0.2) is 30.6 Å². The summed E-state index contributed by atoms with van der Waals surface area (Å²) in [5, 5.41) is 4.19. The molecular formula is C14H15ClN4O. The zero-order valence-electron chi connectivity index (χ0n) is 11.4. The van der Waals surface area contributed by atoms with Crippen molar-refractivity contribution < 1.29 is 4.74 Å². The van der Waals surface area contributed by atoms with Gasteiger partial charge in [-0.2, -0.15) is 5.10 Å². The van der Waals surface area contributed by atoms with Crippen LogP contribution < -0.4 is 4.74 Å². The number of fused-ring (bicyclic) bond motifs is 1. The molecule has 0 N–H and O–H groups in total. The molecule has 6 heteroatoms. The Morgan fingerprint density at radius 2 is 2.20 bits per heavy atom. The van der Waals surface area contributed by atoms with E-state index in [9.17, 15) is 0 Å². The molecule has 0 saturated carbocycles. The highest BCUT2D eigenvalue weighted by Gasteiger charge is 2.11. The van der Waals surface area contributed by atoms with Gasteiger partial charge in [0.2, 0.25) is 0 Å². The van der Waals surface area contributed by atoms with Crippen LogP contribution in [0.1, 0.15) is 11.4 Å². The van der Waals surface area contributed by atoms with Gasteiger partial charge in [-0.25, -0.2) is 4.98 Å². The second-order valence-corrected chi connectivity index (χ2v) is 4.89. The number of rotatable bonds is 4. The number of ether oxygens (including phenoxy) is 1. The first-order valence-corrected chi connectivity index (χ1v) is 6.81. The predicted molar refractivity (Wildman–Crippen MR) is 78.2 cm³/mol. The standard InChI is InChI=1S/C14H15ClN4O/c1-18-8-10(7-16-18)9-19-13-4-3-11(20-2)5-12(13)17-14(19)6-15/h3-5,7-8H,6,9H2,1-2H3. The largest absolute Gasteiger partial charge is 0.497 e. The van der Waals surface area contributed by atoms with E-state index in [2.05, 4.69) is 14.6 Å². The summed E-state index contributed by atoms with van der Waals surface area (Å²) in [6, 6.07) is 5.86. The van der Waals surface area contributed by atoms with Crippen LogP contribution in [0.25, 0.3) is 11.0 Å². The summed E-state index contributed by atoms with van der Waals surface area (Å²) in [5.74, 6) is 2.01. The maximum Gasteiger partial charge on any atom is 0.125 e. The molecule has 3 aromatic rings. The highest BCUT2D eigenvalue weighted by Crippen LogP contribution is 2.23. The molecule has 104 valence electrons. The first-order valence-electron chi connectivity index (χ1n) is 6.28. The Morgan fingerprint density at radius 1 is 1.35 bits per heavy atom. The highest BCUT2D eigenvalue weighted by molar-refractivity contribution is 6.16. The SMILES string of the molecule is COc1ccc2c(c1)nc(CCl)n2Cc1cnn(C)c1. The van der Waals surface area contributed by atoms with Gasteiger partial charge in [-0.1, -0.05) is 0 Å². The van der Waals surface area contributed by atoms with Crippen molar-refractivity contribution in [2.75, 3.05) is 7.11 Å². The Balaban J connectivity index is 2.08. The number of nitrogens with zero attached hydrogens (tertiary/aromatic N) is 4.